The fourth-order valence-electron chi connectivity index (χ4n) is 3.57. The molecule has 5 heteroatoms. The minimum atomic E-state index is 0.115. The van der Waals surface area contributed by atoms with Gasteiger partial charge in [-0.05, 0) is 37.8 Å². The van der Waals surface area contributed by atoms with E-state index < -0.39 is 0 Å². The van der Waals surface area contributed by atoms with Crippen molar-refractivity contribution in [1.29, 1.82) is 0 Å². The lowest BCUT2D eigenvalue weighted by atomic mass is 10.1. The number of fused-ring (bicyclic) bond motifs is 2. The Balaban J connectivity index is 1.86. The average Bonchev–Trinajstić information content (AvgIpc) is 2.88. The predicted molar refractivity (Wildman–Crippen MR) is 77.8 cm³/mol. The molecule has 3 heterocycles. The van der Waals surface area contributed by atoms with E-state index in [0.29, 0.717) is 23.7 Å². The first kappa shape index (κ1) is 13.6. The summed E-state index contributed by atoms with van der Waals surface area (Å²) in [4.78, 5) is 14.9. The molecule has 20 heavy (non-hydrogen) atoms. The summed E-state index contributed by atoms with van der Waals surface area (Å²) >= 11 is 0. The number of aryl methyl sites for hydroxylation is 1. The fourth-order valence-corrected chi connectivity index (χ4v) is 3.57. The summed E-state index contributed by atoms with van der Waals surface area (Å²) in [5.74, 6) is 0.500. The Bertz CT molecular complexity index is 494. The van der Waals surface area contributed by atoms with Crippen molar-refractivity contribution in [3.05, 3.63) is 17.5 Å². The smallest absolute Gasteiger partial charge is 0.274 e. The highest BCUT2D eigenvalue weighted by molar-refractivity contribution is 5.93. The molecule has 0 aliphatic carbocycles. The third-order valence-electron chi connectivity index (χ3n) is 4.62. The van der Waals surface area contributed by atoms with Crippen LogP contribution in [0.15, 0.2) is 6.07 Å². The first-order valence-electron chi connectivity index (χ1n) is 7.65. The number of carbonyl (C=O) groups excluding carboxylic acids is 1. The number of amides is 1. The third kappa shape index (κ3) is 2.24. The van der Waals surface area contributed by atoms with E-state index >= 15 is 0 Å². The number of nitrogens with zero attached hydrogens (tertiary/aromatic N) is 3. The number of carbonyl (C=O) groups is 1. The Morgan fingerprint density at radius 1 is 1.35 bits per heavy atom. The van der Waals surface area contributed by atoms with E-state index in [4.69, 9.17) is 0 Å². The van der Waals surface area contributed by atoms with Crippen LogP contribution in [0.2, 0.25) is 0 Å². The van der Waals surface area contributed by atoms with Crippen molar-refractivity contribution in [1.82, 2.24) is 20.0 Å². The maximum atomic E-state index is 12.8. The van der Waals surface area contributed by atoms with Gasteiger partial charge < -0.3 is 10.2 Å². The second-order valence-corrected chi connectivity index (χ2v) is 6.32. The van der Waals surface area contributed by atoms with E-state index in [1.54, 1.807) is 0 Å². The zero-order valence-electron chi connectivity index (χ0n) is 12.6. The van der Waals surface area contributed by atoms with Crippen molar-refractivity contribution in [3.8, 4) is 0 Å². The Hall–Kier alpha value is -1.36. The summed E-state index contributed by atoms with van der Waals surface area (Å²) in [7, 11) is 1.92. The zero-order chi connectivity index (χ0) is 14.3. The summed E-state index contributed by atoms with van der Waals surface area (Å²) in [6.45, 7) is 6.20. The lowest BCUT2D eigenvalue weighted by Gasteiger charge is -2.27. The molecule has 1 aromatic rings. The van der Waals surface area contributed by atoms with Crippen molar-refractivity contribution < 1.29 is 4.79 Å². The average molecular weight is 276 g/mol. The Kier molecular flexibility index (Phi) is 3.54. The van der Waals surface area contributed by atoms with Crippen LogP contribution >= 0.6 is 0 Å². The molecule has 1 aromatic heterocycles. The predicted octanol–water partition coefficient (Wildman–Crippen LogP) is 1.51. The zero-order valence-corrected chi connectivity index (χ0v) is 12.6. The molecule has 3 rings (SSSR count). The summed E-state index contributed by atoms with van der Waals surface area (Å²) in [5.41, 5.74) is 1.73. The van der Waals surface area contributed by atoms with E-state index in [-0.39, 0.29) is 5.91 Å². The summed E-state index contributed by atoms with van der Waals surface area (Å²) < 4.78 is 1.84. The van der Waals surface area contributed by atoms with Gasteiger partial charge in [-0.3, -0.25) is 9.48 Å². The van der Waals surface area contributed by atoms with Crippen molar-refractivity contribution in [2.24, 2.45) is 7.05 Å². The molecular formula is C15H24N4O. The molecule has 2 unspecified atom stereocenters. The van der Waals surface area contributed by atoms with Gasteiger partial charge in [-0.1, -0.05) is 13.8 Å². The van der Waals surface area contributed by atoms with Gasteiger partial charge in [0.15, 0.2) is 5.69 Å². The number of nitrogens with one attached hydrogen (secondary N) is 1. The Morgan fingerprint density at radius 2 is 2.10 bits per heavy atom. The first-order chi connectivity index (χ1) is 9.58. The van der Waals surface area contributed by atoms with Crippen LogP contribution in [0.3, 0.4) is 0 Å². The lowest BCUT2D eigenvalue weighted by molar-refractivity contribution is 0.0673. The molecule has 5 nitrogen and oxygen atoms in total. The Labute approximate surface area is 120 Å². The molecule has 2 atom stereocenters. The van der Waals surface area contributed by atoms with Crippen LogP contribution in [0.25, 0.3) is 0 Å². The molecule has 2 saturated heterocycles. The molecule has 110 valence electrons. The van der Waals surface area contributed by atoms with Gasteiger partial charge in [-0.2, -0.15) is 5.10 Å². The minimum Gasteiger partial charge on any atom is -0.330 e. The summed E-state index contributed by atoms with van der Waals surface area (Å²) in [5, 5.41) is 7.87. The third-order valence-corrected chi connectivity index (χ3v) is 4.62. The highest BCUT2D eigenvalue weighted by Gasteiger charge is 2.39. The van der Waals surface area contributed by atoms with Gasteiger partial charge in [0.2, 0.25) is 0 Å². The topological polar surface area (TPSA) is 50.2 Å². The molecule has 0 aromatic carbocycles. The standard InChI is InChI=1S/C15H24N4O/c1-10(2)14-8-13(17-18(14)3)15(20)19-11-4-5-12(19)9-16-7-6-11/h8,10-12,16H,4-7,9H2,1-3H3. The second kappa shape index (κ2) is 5.20. The largest absolute Gasteiger partial charge is 0.330 e. The van der Waals surface area contributed by atoms with Crippen LogP contribution in [-0.2, 0) is 7.05 Å². The number of hydrogen-bond donors (Lipinski definition) is 1. The van der Waals surface area contributed by atoms with Crippen molar-refractivity contribution >= 4 is 5.91 Å². The van der Waals surface area contributed by atoms with Gasteiger partial charge in [-0.15, -0.1) is 0 Å². The van der Waals surface area contributed by atoms with Crippen LogP contribution in [0.4, 0.5) is 0 Å². The van der Waals surface area contributed by atoms with Gasteiger partial charge >= 0.3 is 0 Å². The number of hydrogen-bond acceptors (Lipinski definition) is 3. The van der Waals surface area contributed by atoms with Crippen LogP contribution in [0.5, 0.6) is 0 Å². The van der Waals surface area contributed by atoms with E-state index in [0.717, 1.165) is 38.0 Å². The van der Waals surface area contributed by atoms with E-state index in [9.17, 15) is 4.79 Å². The van der Waals surface area contributed by atoms with Crippen LogP contribution in [0, 0.1) is 0 Å². The molecule has 2 bridgehead atoms. The molecule has 1 N–H and O–H groups in total. The maximum absolute atomic E-state index is 12.8. The normalized spacial score (nSPS) is 26.1. The van der Waals surface area contributed by atoms with Gasteiger partial charge in [-0.25, -0.2) is 0 Å². The summed E-state index contributed by atoms with van der Waals surface area (Å²) in [6.07, 6.45) is 3.32. The molecule has 2 aliphatic heterocycles. The summed E-state index contributed by atoms with van der Waals surface area (Å²) in [6, 6.07) is 2.71. The molecule has 2 fully saturated rings. The van der Waals surface area contributed by atoms with Crippen molar-refractivity contribution in [3.63, 3.8) is 0 Å². The lowest BCUT2D eigenvalue weighted by Crippen LogP contribution is -2.42. The van der Waals surface area contributed by atoms with Crippen molar-refractivity contribution in [2.75, 3.05) is 13.1 Å². The quantitative estimate of drug-likeness (QED) is 0.891. The first-order valence-corrected chi connectivity index (χ1v) is 7.65. The van der Waals surface area contributed by atoms with E-state index in [1.807, 2.05) is 17.8 Å². The Morgan fingerprint density at radius 3 is 2.80 bits per heavy atom. The SMILES string of the molecule is CC(C)c1cc(C(=O)N2C3CCNCC2CC3)nn1C. The van der Waals surface area contributed by atoms with Gasteiger partial charge in [0.25, 0.3) is 5.91 Å². The molecule has 2 aliphatic rings. The van der Waals surface area contributed by atoms with E-state index in [2.05, 4.69) is 29.2 Å². The number of aromatic nitrogens is 2. The monoisotopic (exact) mass is 276 g/mol. The fraction of sp³-hybridized carbons (Fsp3) is 0.733. The van der Waals surface area contributed by atoms with Crippen LogP contribution in [0.1, 0.15) is 55.2 Å². The van der Waals surface area contributed by atoms with Crippen molar-refractivity contribution in [2.45, 2.75) is 51.1 Å². The van der Waals surface area contributed by atoms with Gasteiger partial charge in [0, 0.05) is 31.4 Å². The molecule has 1 amide bonds. The van der Waals surface area contributed by atoms with Gasteiger partial charge in [0.1, 0.15) is 0 Å². The van der Waals surface area contributed by atoms with Crippen LogP contribution < -0.4 is 5.32 Å². The number of rotatable bonds is 2. The molecular weight excluding hydrogens is 252 g/mol. The van der Waals surface area contributed by atoms with Gasteiger partial charge in [0.05, 0.1) is 0 Å². The second-order valence-electron chi connectivity index (χ2n) is 6.32. The molecule has 0 spiro atoms. The molecule has 0 saturated carbocycles. The highest BCUT2D eigenvalue weighted by atomic mass is 16.2. The minimum absolute atomic E-state index is 0.115. The highest BCUT2D eigenvalue weighted by Crippen LogP contribution is 2.29. The van der Waals surface area contributed by atoms with Crippen LogP contribution in [-0.4, -0.2) is 45.8 Å². The van der Waals surface area contributed by atoms with E-state index in [1.165, 1.54) is 0 Å². The molecule has 0 radical (unpaired) electrons. The maximum Gasteiger partial charge on any atom is 0.274 e.